The zero-order chi connectivity index (χ0) is 22.6. The molecule has 1 N–H and O–H groups in total. The van der Waals surface area contributed by atoms with E-state index in [9.17, 15) is 9.59 Å². The molecule has 4 fully saturated rings. The summed E-state index contributed by atoms with van der Waals surface area (Å²) in [5.74, 6) is 3.06. The van der Waals surface area contributed by atoms with Crippen LogP contribution < -0.4 is 5.32 Å². The Bertz CT molecular complexity index is 1070. The Morgan fingerprint density at radius 2 is 1.79 bits per heavy atom. The second-order valence-electron chi connectivity index (χ2n) is 10.6. The Hall–Kier alpha value is -2.54. The highest BCUT2D eigenvalue weighted by Gasteiger charge is 2.51. The number of pyridine rings is 1. The minimum Gasteiger partial charge on any atom is -0.332 e. The van der Waals surface area contributed by atoms with Gasteiger partial charge in [0.15, 0.2) is 0 Å². The minimum absolute atomic E-state index is 0.0728. The number of rotatable bonds is 4. The lowest BCUT2D eigenvalue weighted by atomic mass is 9.49. The van der Waals surface area contributed by atoms with Crippen molar-refractivity contribution in [3.05, 3.63) is 46.6 Å². The summed E-state index contributed by atoms with van der Waals surface area (Å²) >= 11 is 5.84. The molecule has 33 heavy (non-hydrogen) atoms. The number of aromatic nitrogens is 3. The summed E-state index contributed by atoms with van der Waals surface area (Å²) in [5, 5.41) is 3.47. The molecule has 0 aromatic carbocycles. The van der Waals surface area contributed by atoms with E-state index in [0.29, 0.717) is 42.5 Å². The van der Waals surface area contributed by atoms with E-state index in [1.54, 1.807) is 17.0 Å². The number of anilines is 1. The molecule has 2 amide bonds. The van der Waals surface area contributed by atoms with Crippen molar-refractivity contribution >= 4 is 29.2 Å². The molecule has 0 radical (unpaired) electrons. The number of hydrogen-bond acceptors (Lipinski definition) is 5. The van der Waals surface area contributed by atoms with Crippen LogP contribution in [-0.2, 0) is 17.8 Å². The van der Waals surface area contributed by atoms with Crippen molar-refractivity contribution in [2.75, 3.05) is 11.9 Å². The van der Waals surface area contributed by atoms with Gasteiger partial charge in [-0.2, -0.15) is 0 Å². The molecule has 7 rings (SSSR count). The monoisotopic (exact) mass is 465 g/mol. The first kappa shape index (κ1) is 21.0. The quantitative estimate of drug-likeness (QED) is 0.681. The van der Waals surface area contributed by atoms with Crippen molar-refractivity contribution < 1.29 is 9.59 Å². The van der Waals surface area contributed by atoms with Gasteiger partial charge in [-0.1, -0.05) is 11.6 Å². The van der Waals surface area contributed by atoms with Crippen molar-refractivity contribution in [2.24, 2.45) is 23.2 Å². The molecule has 0 spiro atoms. The van der Waals surface area contributed by atoms with Crippen molar-refractivity contribution in [1.82, 2.24) is 19.9 Å². The van der Waals surface area contributed by atoms with Gasteiger partial charge in [-0.15, -0.1) is 0 Å². The van der Waals surface area contributed by atoms with E-state index in [2.05, 4.69) is 20.3 Å². The molecule has 0 saturated heterocycles. The van der Waals surface area contributed by atoms with Gasteiger partial charge in [0.25, 0.3) is 5.91 Å². The number of nitrogens with zero attached hydrogens (tertiary/aromatic N) is 4. The molecule has 3 heterocycles. The van der Waals surface area contributed by atoms with E-state index >= 15 is 0 Å². The maximum atomic E-state index is 13.1. The molecule has 0 unspecified atom stereocenters. The topological polar surface area (TPSA) is 88.1 Å². The molecule has 8 heteroatoms. The maximum Gasteiger partial charge on any atom is 0.255 e. The number of hydrogen-bond donors (Lipinski definition) is 1. The van der Waals surface area contributed by atoms with Crippen LogP contribution in [0.5, 0.6) is 0 Å². The SMILES string of the molecule is O=C(CC12CC3CC(CC(C3)C1)C2)Nc1ncnc2c1CCN(C(=O)c1ccc(Cl)nc1)C2. The zero-order valence-corrected chi connectivity index (χ0v) is 19.4. The average Bonchev–Trinajstić information content (AvgIpc) is 2.77. The summed E-state index contributed by atoms with van der Waals surface area (Å²) in [6.45, 7) is 0.927. The van der Waals surface area contributed by atoms with Crippen LogP contribution in [0.1, 0.15) is 66.6 Å². The molecule has 1 aliphatic heterocycles. The second-order valence-corrected chi connectivity index (χ2v) is 11.0. The first-order valence-electron chi connectivity index (χ1n) is 12.0. The number of carbonyl (C=O) groups excluding carboxylic acids is 2. The molecule has 2 aromatic heterocycles. The van der Waals surface area contributed by atoms with Crippen LogP contribution >= 0.6 is 11.6 Å². The highest BCUT2D eigenvalue weighted by molar-refractivity contribution is 6.29. The second kappa shape index (κ2) is 8.05. The number of nitrogens with one attached hydrogen (secondary N) is 1. The van der Waals surface area contributed by atoms with Crippen LogP contribution in [0.25, 0.3) is 0 Å². The summed E-state index contributed by atoms with van der Waals surface area (Å²) in [7, 11) is 0. The van der Waals surface area contributed by atoms with Gasteiger partial charge in [0.2, 0.25) is 5.91 Å². The fourth-order valence-electron chi connectivity index (χ4n) is 7.34. The lowest BCUT2D eigenvalue weighted by Crippen LogP contribution is -2.47. The van der Waals surface area contributed by atoms with E-state index in [1.165, 1.54) is 51.0 Å². The summed E-state index contributed by atoms with van der Waals surface area (Å²) in [4.78, 5) is 40.5. The maximum absolute atomic E-state index is 13.1. The molecule has 5 aliphatic rings. The number of fused-ring (bicyclic) bond motifs is 1. The standard InChI is InChI=1S/C25H28ClN5O2/c26-21-2-1-18(12-27-21)24(33)31-4-3-19-20(13-31)28-14-29-23(19)30-22(32)11-25-8-15-5-16(9-25)7-17(6-15)10-25/h1-2,12,14-17H,3-11,13H2,(H,28,29,30,32). The molecule has 7 nitrogen and oxygen atoms in total. The fourth-order valence-corrected chi connectivity index (χ4v) is 7.46. The summed E-state index contributed by atoms with van der Waals surface area (Å²) in [5.41, 5.74) is 2.43. The number of halogens is 1. The van der Waals surface area contributed by atoms with E-state index in [4.69, 9.17) is 11.6 Å². The van der Waals surface area contributed by atoms with Crippen LogP contribution in [0.2, 0.25) is 5.15 Å². The molecule has 172 valence electrons. The first-order chi connectivity index (χ1) is 16.0. The Labute approximate surface area is 198 Å². The van der Waals surface area contributed by atoms with Crippen molar-refractivity contribution in [1.29, 1.82) is 0 Å². The van der Waals surface area contributed by atoms with Gasteiger partial charge >= 0.3 is 0 Å². The van der Waals surface area contributed by atoms with Crippen LogP contribution in [-0.4, -0.2) is 38.2 Å². The third kappa shape index (κ3) is 4.01. The lowest BCUT2D eigenvalue weighted by molar-refractivity contribution is -0.124. The zero-order valence-electron chi connectivity index (χ0n) is 18.6. The predicted octanol–water partition coefficient (Wildman–Crippen LogP) is 4.27. The van der Waals surface area contributed by atoms with E-state index in [-0.39, 0.29) is 17.2 Å². The van der Waals surface area contributed by atoms with Crippen molar-refractivity contribution in [3.8, 4) is 0 Å². The van der Waals surface area contributed by atoms with Gasteiger partial charge in [0, 0.05) is 24.7 Å². The van der Waals surface area contributed by atoms with Gasteiger partial charge in [-0.3, -0.25) is 9.59 Å². The minimum atomic E-state index is -0.101. The average molecular weight is 466 g/mol. The summed E-state index contributed by atoms with van der Waals surface area (Å²) in [6, 6.07) is 3.30. The Morgan fingerprint density at radius 3 is 2.45 bits per heavy atom. The van der Waals surface area contributed by atoms with Crippen molar-refractivity contribution in [3.63, 3.8) is 0 Å². The van der Waals surface area contributed by atoms with E-state index in [0.717, 1.165) is 29.0 Å². The molecular weight excluding hydrogens is 438 g/mol. The molecule has 4 saturated carbocycles. The highest BCUT2D eigenvalue weighted by atomic mass is 35.5. The fraction of sp³-hybridized carbons (Fsp3) is 0.560. The van der Waals surface area contributed by atoms with Crippen LogP contribution in [0.4, 0.5) is 5.82 Å². The number of amides is 2. The number of carbonyl (C=O) groups is 2. The lowest BCUT2D eigenvalue weighted by Gasteiger charge is -2.56. The molecule has 0 atom stereocenters. The Morgan fingerprint density at radius 1 is 1.06 bits per heavy atom. The Balaban J connectivity index is 1.14. The van der Waals surface area contributed by atoms with Crippen LogP contribution in [0, 0.1) is 23.2 Å². The van der Waals surface area contributed by atoms with Gasteiger partial charge in [-0.25, -0.2) is 15.0 Å². The third-order valence-electron chi connectivity index (χ3n) is 8.23. The Kier molecular flexibility index (Phi) is 5.13. The highest BCUT2D eigenvalue weighted by Crippen LogP contribution is 2.61. The molecule has 2 aromatic rings. The third-order valence-corrected chi connectivity index (χ3v) is 8.45. The van der Waals surface area contributed by atoms with Gasteiger partial charge in [0.1, 0.15) is 17.3 Å². The van der Waals surface area contributed by atoms with Crippen molar-refractivity contribution in [2.45, 2.75) is 57.9 Å². The normalized spacial score (nSPS) is 29.6. The van der Waals surface area contributed by atoms with E-state index in [1.807, 2.05) is 0 Å². The predicted molar refractivity (Wildman–Crippen MR) is 124 cm³/mol. The van der Waals surface area contributed by atoms with Gasteiger partial charge in [-0.05, 0) is 80.2 Å². The van der Waals surface area contributed by atoms with Gasteiger partial charge < -0.3 is 10.2 Å². The summed E-state index contributed by atoms with van der Waals surface area (Å²) < 4.78 is 0. The smallest absolute Gasteiger partial charge is 0.255 e. The molecule has 4 bridgehead atoms. The molecular formula is C25H28ClN5O2. The van der Waals surface area contributed by atoms with Crippen LogP contribution in [0.3, 0.4) is 0 Å². The largest absolute Gasteiger partial charge is 0.332 e. The first-order valence-corrected chi connectivity index (χ1v) is 12.4. The van der Waals surface area contributed by atoms with Gasteiger partial charge in [0.05, 0.1) is 17.8 Å². The molecule has 4 aliphatic carbocycles. The van der Waals surface area contributed by atoms with E-state index < -0.39 is 0 Å². The summed E-state index contributed by atoms with van der Waals surface area (Å²) in [6.07, 6.45) is 12.0. The van der Waals surface area contributed by atoms with Crippen LogP contribution in [0.15, 0.2) is 24.7 Å².